The second-order valence-electron chi connectivity index (χ2n) is 5.70. The van der Waals surface area contributed by atoms with E-state index in [1.807, 2.05) is 6.07 Å². The third-order valence-electron chi connectivity index (χ3n) is 3.86. The lowest BCUT2D eigenvalue weighted by Gasteiger charge is -2.38. The summed E-state index contributed by atoms with van der Waals surface area (Å²) in [5, 5.41) is 27.4. The molecule has 0 aromatic heterocycles. The Labute approximate surface area is 144 Å². The molecular weight excluding hydrogens is 320 g/mol. The van der Waals surface area contributed by atoms with Crippen molar-refractivity contribution in [2.45, 2.75) is 6.10 Å². The highest BCUT2D eigenvalue weighted by Crippen LogP contribution is 2.25. The molecule has 0 radical (unpaired) electrons. The molecule has 1 aliphatic heterocycles. The largest absolute Gasteiger partial charge is 0.504 e. The van der Waals surface area contributed by atoms with E-state index in [1.165, 1.54) is 18.2 Å². The Kier molecular flexibility index (Phi) is 4.57. The number of nitriles is 1. The van der Waals surface area contributed by atoms with Gasteiger partial charge in [0.25, 0.3) is 0 Å². The first kappa shape index (κ1) is 16.4. The second kappa shape index (κ2) is 6.97. The minimum absolute atomic E-state index is 0.0667. The molecule has 0 saturated carbocycles. The van der Waals surface area contributed by atoms with Gasteiger partial charge in [-0.25, -0.2) is 0 Å². The van der Waals surface area contributed by atoms with Gasteiger partial charge < -0.3 is 19.8 Å². The monoisotopic (exact) mass is 336 g/mol. The van der Waals surface area contributed by atoms with Crippen LogP contribution in [0.2, 0.25) is 0 Å². The topological polar surface area (TPSA) is 93.8 Å². The number of carbonyl (C=O) groups is 1. The molecule has 2 aromatic carbocycles. The van der Waals surface area contributed by atoms with E-state index in [0.717, 1.165) is 0 Å². The van der Waals surface area contributed by atoms with Gasteiger partial charge in [-0.3, -0.25) is 4.79 Å². The number of phenolic OH excluding ortho intramolecular Hbond substituents is 2. The number of phenols is 2. The molecule has 2 N–H and O–H groups in total. The average molecular weight is 336 g/mol. The van der Waals surface area contributed by atoms with Gasteiger partial charge in [0.2, 0.25) is 5.91 Å². The number of amides is 1. The maximum atomic E-state index is 12.1. The van der Waals surface area contributed by atoms with Crippen LogP contribution < -0.4 is 4.74 Å². The zero-order chi connectivity index (χ0) is 17.8. The molecule has 0 aliphatic carbocycles. The first-order chi connectivity index (χ1) is 12.0. The van der Waals surface area contributed by atoms with Crippen molar-refractivity contribution in [2.24, 2.45) is 0 Å². The lowest BCUT2D eigenvalue weighted by atomic mass is 10.1. The van der Waals surface area contributed by atoms with Crippen LogP contribution >= 0.6 is 0 Å². The van der Waals surface area contributed by atoms with Gasteiger partial charge in [-0.05, 0) is 48.0 Å². The molecule has 0 atom stereocenters. The third-order valence-corrected chi connectivity index (χ3v) is 3.86. The fraction of sp³-hybridized carbons (Fsp3) is 0.158. The van der Waals surface area contributed by atoms with Crippen molar-refractivity contribution in [2.75, 3.05) is 13.1 Å². The van der Waals surface area contributed by atoms with E-state index < -0.39 is 0 Å². The summed E-state index contributed by atoms with van der Waals surface area (Å²) >= 11 is 0. The van der Waals surface area contributed by atoms with Crippen LogP contribution in [0.15, 0.2) is 48.5 Å². The van der Waals surface area contributed by atoms with Crippen LogP contribution in [0.3, 0.4) is 0 Å². The molecule has 3 rings (SSSR count). The molecule has 1 aliphatic rings. The highest BCUT2D eigenvalue weighted by atomic mass is 16.5. The zero-order valence-corrected chi connectivity index (χ0v) is 13.3. The summed E-state index contributed by atoms with van der Waals surface area (Å²) in [5.74, 6) is 0.0990. The molecule has 1 saturated heterocycles. The summed E-state index contributed by atoms with van der Waals surface area (Å²) in [4.78, 5) is 13.7. The number of likely N-dealkylation sites (tertiary alicyclic amines) is 1. The van der Waals surface area contributed by atoms with Crippen molar-refractivity contribution in [3.05, 3.63) is 59.7 Å². The number of benzene rings is 2. The number of hydrogen-bond donors (Lipinski definition) is 2. The zero-order valence-electron chi connectivity index (χ0n) is 13.3. The number of ether oxygens (including phenoxy) is 1. The van der Waals surface area contributed by atoms with Gasteiger partial charge in [-0.2, -0.15) is 5.26 Å². The van der Waals surface area contributed by atoms with Crippen molar-refractivity contribution in [3.8, 4) is 23.3 Å². The molecule has 6 nitrogen and oxygen atoms in total. The second-order valence-corrected chi connectivity index (χ2v) is 5.70. The Morgan fingerprint density at radius 2 is 1.88 bits per heavy atom. The Hall–Kier alpha value is -3.46. The summed E-state index contributed by atoms with van der Waals surface area (Å²) in [7, 11) is 0. The molecule has 0 bridgehead atoms. The Bertz CT molecular complexity index is 847. The number of carbonyl (C=O) groups excluding carboxylic acids is 1. The smallest absolute Gasteiger partial charge is 0.246 e. The predicted molar refractivity (Wildman–Crippen MR) is 91.0 cm³/mol. The lowest BCUT2D eigenvalue weighted by Crippen LogP contribution is -2.55. The normalized spacial score (nSPS) is 14.1. The van der Waals surface area contributed by atoms with Crippen LogP contribution in [0.25, 0.3) is 6.08 Å². The van der Waals surface area contributed by atoms with E-state index in [9.17, 15) is 15.0 Å². The summed E-state index contributed by atoms with van der Waals surface area (Å²) in [5.41, 5.74) is 1.19. The molecular formula is C19H16N2O4. The first-order valence-electron chi connectivity index (χ1n) is 7.71. The van der Waals surface area contributed by atoms with E-state index in [2.05, 4.69) is 0 Å². The molecule has 1 fully saturated rings. The summed E-state index contributed by atoms with van der Waals surface area (Å²) in [6.45, 7) is 0.980. The van der Waals surface area contributed by atoms with Crippen molar-refractivity contribution in [1.82, 2.24) is 4.90 Å². The Morgan fingerprint density at radius 1 is 1.16 bits per heavy atom. The maximum absolute atomic E-state index is 12.1. The van der Waals surface area contributed by atoms with Crippen LogP contribution in [0.4, 0.5) is 0 Å². The molecule has 1 amide bonds. The Morgan fingerprint density at radius 3 is 2.52 bits per heavy atom. The van der Waals surface area contributed by atoms with E-state index in [4.69, 9.17) is 10.00 Å². The van der Waals surface area contributed by atoms with E-state index in [1.54, 1.807) is 41.3 Å². The molecule has 126 valence electrons. The SMILES string of the molecule is N#Cc1ccc(OC2CN(C(=O)C=Cc3ccc(O)c(O)c3)C2)cc1. The van der Waals surface area contributed by atoms with Gasteiger partial charge in [0.15, 0.2) is 11.5 Å². The summed E-state index contributed by atoms with van der Waals surface area (Å²) in [6.07, 6.45) is 2.93. The molecule has 1 heterocycles. The number of rotatable bonds is 4. The van der Waals surface area contributed by atoms with E-state index >= 15 is 0 Å². The van der Waals surface area contributed by atoms with Gasteiger partial charge in [-0.1, -0.05) is 6.07 Å². The van der Waals surface area contributed by atoms with Crippen molar-refractivity contribution in [3.63, 3.8) is 0 Å². The van der Waals surface area contributed by atoms with Crippen LogP contribution in [0.5, 0.6) is 17.2 Å². The minimum atomic E-state index is -0.227. The van der Waals surface area contributed by atoms with Crippen LogP contribution in [-0.4, -0.2) is 40.2 Å². The molecule has 0 unspecified atom stereocenters. The number of hydrogen-bond acceptors (Lipinski definition) is 5. The van der Waals surface area contributed by atoms with Gasteiger partial charge in [0.05, 0.1) is 24.7 Å². The maximum Gasteiger partial charge on any atom is 0.246 e. The fourth-order valence-electron chi connectivity index (χ4n) is 2.41. The average Bonchev–Trinajstić information content (AvgIpc) is 2.59. The number of aromatic hydroxyl groups is 2. The highest BCUT2D eigenvalue weighted by Gasteiger charge is 2.31. The fourth-order valence-corrected chi connectivity index (χ4v) is 2.41. The lowest BCUT2D eigenvalue weighted by molar-refractivity contribution is -0.134. The standard InChI is InChI=1S/C19H16N2O4/c20-10-14-1-5-15(6-2-14)25-16-11-21(12-16)19(24)8-4-13-3-7-17(22)18(23)9-13/h1-9,16,22-23H,11-12H2. The van der Waals surface area contributed by atoms with Crippen LogP contribution in [-0.2, 0) is 4.79 Å². The first-order valence-corrected chi connectivity index (χ1v) is 7.71. The number of nitrogens with zero attached hydrogens (tertiary/aromatic N) is 2. The quantitative estimate of drug-likeness (QED) is 0.660. The molecule has 25 heavy (non-hydrogen) atoms. The minimum Gasteiger partial charge on any atom is -0.504 e. The summed E-state index contributed by atoms with van der Waals surface area (Å²) < 4.78 is 5.73. The van der Waals surface area contributed by atoms with Gasteiger partial charge in [0, 0.05) is 6.08 Å². The van der Waals surface area contributed by atoms with Crippen molar-refractivity contribution >= 4 is 12.0 Å². The van der Waals surface area contributed by atoms with Gasteiger partial charge in [-0.15, -0.1) is 0 Å². The molecule has 2 aromatic rings. The van der Waals surface area contributed by atoms with Gasteiger partial charge in [0.1, 0.15) is 11.9 Å². The van der Waals surface area contributed by atoms with E-state index in [0.29, 0.717) is 30.0 Å². The summed E-state index contributed by atoms with van der Waals surface area (Å²) in [6, 6.07) is 13.2. The van der Waals surface area contributed by atoms with Crippen molar-refractivity contribution in [1.29, 1.82) is 5.26 Å². The van der Waals surface area contributed by atoms with Crippen LogP contribution in [0, 0.1) is 11.3 Å². The van der Waals surface area contributed by atoms with E-state index in [-0.39, 0.29) is 23.5 Å². The van der Waals surface area contributed by atoms with Gasteiger partial charge >= 0.3 is 0 Å². The molecule has 6 heteroatoms. The van der Waals surface area contributed by atoms with Crippen LogP contribution in [0.1, 0.15) is 11.1 Å². The highest BCUT2D eigenvalue weighted by molar-refractivity contribution is 5.92. The predicted octanol–water partition coefficient (Wildman–Crippen LogP) is 2.27. The van der Waals surface area contributed by atoms with Crippen molar-refractivity contribution < 1.29 is 19.7 Å². The molecule has 0 spiro atoms. The third kappa shape index (κ3) is 3.90. The Balaban J connectivity index is 1.49.